The monoisotopic (exact) mass is 631 g/mol. The van der Waals surface area contributed by atoms with Crippen molar-refractivity contribution in [2.24, 2.45) is 11.8 Å². The van der Waals surface area contributed by atoms with Crippen molar-refractivity contribution >= 4 is 11.7 Å². The van der Waals surface area contributed by atoms with E-state index >= 15 is 0 Å². The van der Waals surface area contributed by atoms with Crippen LogP contribution in [-0.2, 0) is 16.0 Å². The third-order valence-electron chi connectivity index (χ3n) is 7.66. The van der Waals surface area contributed by atoms with Crippen LogP contribution in [-0.4, -0.2) is 86.6 Å². The average molecular weight is 632 g/mol. The van der Waals surface area contributed by atoms with E-state index in [2.05, 4.69) is 31.6 Å². The summed E-state index contributed by atoms with van der Waals surface area (Å²) in [6.07, 6.45) is -9.70. The number of ether oxygens (including phenoxy) is 3. The van der Waals surface area contributed by atoms with Gasteiger partial charge in [0.05, 0.1) is 5.92 Å². The number of halogens is 6. The molecule has 1 saturated carbocycles. The van der Waals surface area contributed by atoms with Crippen molar-refractivity contribution in [3.8, 4) is 17.2 Å². The second-order valence-electron chi connectivity index (χ2n) is 11.2. The summed E-state index contributed by atoms with van der Waals surface area (Å²) in [7, 11) is 2.05. The van der Waals surface area contributed by atoms with Crippen molar-refractivity contribution in [1.29, 1.82) is 0 Å². The lowest BCUT2D eigenvalue weighted by Crippen LogP contribution is -2.47. The van der Waals surface area contributed by atoms with Gasteiger partial charge in [0, 0.05) is 52.1 Å². The highest BCUT2D eigenvalue weighted by Crippen LogP contribution is 2.37. The number of alkyl halides is 6. The molecule has 0 radical (unpaired) electrons. The zero-order chi connectivity index (χ0) is 31.9. The molecule has 1 saturated heterocycles. The summed E-state index contributed by atoms with van der Waals surface area (Å²) in [4.78, 5) is 30.7. The molecule has 1 N–H and O–H groups in total. The third kappa shape index (κ3) is 10.9. The average Bonchev–Trinajstić information content (AvgIpc) is 3.31. The molecule has 1 heterocycles. The second kappa shape index (κ2) is 14.5. The minimum absolute atomic E-state index is 0.0770. The molecule has 1 aliphatic heterocycles. The molecule has 3 unspecified atom stereocenters. The van der Waals surface area contributed by atoms with Crippen molar-refractivity contribution in [1.82, 2.24) is 15.1 Å². The molecule has 1 aliphatic carbocycles. The van der Waals surface area contributed by atoms with Gasteiger partial charge in [-0.1, -0.05) is 12.1 Å². The van der Waals surface area contributed by atoms with Crippen LogP contribution in [0.4, 0.5) is 26.3 Å². The van der Waals surface area contributed by atoms with Gasteiger partial charge in [0.15, 0.2) is 0 Å². The van der Waals surface area contributed by atoms with Gasteiger partial charge in [-0.05, 0) is 67.8 Å². The minimum Gasteiger partial charge on any atom is -0.490 e. The Balaban J connectivity index is 1.37. The molecular formula is C30H35F6N3O5. The summed E-state index contributed by atoms with van der Waals surface area (Å²) >= 11 is 0. The number of hydrogen-bond donors (Lipinski definition) is 1. The Hall–Kier alpha value is -3.52. The molecule has 2 aromatic carbocycles. The number of carbonyl (C=O) groups is 2. The lowest BCUT2D eigenvalue weighted by atomic mass is 9.96. The Bertz CT molecular complexity index is 1250. The van der Waals surface area contributed by atoms with Gasteiger partial charge < -0.3 is 24.4 Å². The van der Waals surface area contributed by atoms with Gasteiger partial charge in [0.25, 0.3) is 0 Å². The number of hydrogen-bond acceptors (Lipinski definition) is 7. The number of rotatable bonds is 12. The first kappa shape index (κ1) is 33.4. The second-order valence-corrected chi connectivity index (χ2v) is 11.2. The largest absolute Gasteiger partial charge is 0.573 e. The number of Topliss-reactive ketones (excluding diaryl/α,β-unsaturated/α-hetero) is 1. The van der Waals surface area contributed by atoms with E-state index < -0.39 is 36.2 Å². The van der Waals surface area contributed by atoms with Crippen LogP contribution in [0.1, 0.15) is 24.8 Å². The third-order valence-corrected chi connectivity index (χ3v) is 7.66. The number of piperazine rings is 1. The SMILES string of the molecule is CN1CCN(CCNC(=O)C2CC(CC(=O)Cc3cccc(OC(F)(F)F)c3)CC2Oc2ccc(OC(F)(F)F)cc2)CC1. The highest BCUT2D eigenvalue weighted by molar-refractivity contribution is 5.82. The van der Waals surface area contributed by atoms with Crippen LogP contribution in [0.25, 0.3) is 0 Å². The van der Waals surface area contributed by atoms with Crippen LogP contribution in [0.15, 0.2) is 48.5 Å². The molecule has 2 aromatic rings. The first-order valence-corrected chi connectivity index (χ1v) is 14.3. The van der Waals surface area contributed by atoms with Crippen LogP contribution >= 0.6 is 0 Å². The van der Waals surface area contributed by atoms with E-state index in [9.17, 15) is 35.9 Å². The first-order chi connectivity index (χ1) is 20.7. The number of nitrogens with zero attached hydrogens (tertiary/aromatic N) is 2. The molecule has 0 bridgehead atoms. The summed E-state index contributed by atoms with van der Waals surface area (Å²) in [6.45, 7) is 4.77. The highest BCUT2D eigenvalue weighted by atomic mass is 19.4. The summed E-state index contributed by atoms with van der Waals surface area (Å²) < 4.78 is 89.2. The van der Waals surface area contributed by atoms with Crippen molar-refractivity contribution in [3.05, 3.63) is 54.1 Å². The first-order valence-electron chi connectivity index (χ1n) is 14.3. The van der Waals surface area contributed by atoms with Crippen LogP contribution in [0.3, 0.4) is 0 Å². The predicted molar refractivity (Wildman–Crippen MR) is 147 cm³/mol. The fourth-order valence-electron chi connectivity index (χ4n) is 5.58. The van der Waals surface area contributed by atoms with Crippen LogP contribution in [0.5, 0.6) is 17.2 Å². The van der Waals surface area contributed by atoms with Gasteiger partial charge >= 0.3 is 12.7 Å². The predicted octanol–water partition coefficient (Wildman–Crippen LogP) is 4.82. The Labute approximate surface area is 251 Å². The number of amides is 1. The van der Waals surface area contributed by atoms with E-state index in [1.807, 2.05) is 0 Å². The molecule has 0 aromatic heterocycles. The summed E-state index contributed by atoms with van der Waals surface area (Å²) in [5.74, 6) is -1.91. The molecule has 44 heavy (non-hydrogen) atoms. The fourth-order valence-corrected chi connectivity index (χ4v) is 5.58. The van der Waals surface area contributed by atoms with Gasteiger partial charge in [0.2, 0.25) is 5.91 Å². The molecule has 2 fully saturated rings. The molecule has 0 spiro atoms. The Kier molecular flexibility index (Phi) is 11.0. The minimum atomic E-state index is -4.85. The van der Waals surface area contributed by atoms with Crippen molar-refractivity contribution in [2.75, 3.05) is 46.3 Å². The van der Waals surface area contributed by atoms with E-state index in [1.165, 1.54) is 24.3 Å². The standard InChI is InChI=1S/C30H35F6N3O5/c1-38-11-13-39(14-12-38)10-9-37-28(41)26-18-21(16-22(40)15-20-3-2-4-25(17-20)44-30(34,35)36)19-27(26)42-23-5-7-24(8-6-23)43-29(31,32)33/h2-8,17,21,26-27H,9-16,18-19H2,1H3,(H,37,41). The van der Waals surface area contributed by atoms with E-state index in [4.69, 9.17) is 4.74 Å². The molecule has 14 heteroatoms. The Morgan fingerprint density at radius 3 is 2.16 bits per heavy atom. The Morgan fingerprint density at radius 2 is 1.50 bits per heavy atom. The molecule has 242 valence electrons. The van der Waals surface area contributed by atoms with E-state index in [-0.39, 0.29) is 36.2 Å². The zero-order valence-corrected chi connectivity index (χ0v) is 24.1. The van der Waals surface area contributed by atoms with E-state index in [0.717, 1.165) is 50.4 Å². The summed E-state index contributed by atoms with van der Waals surface area (Å²) in [5, 5.41) is 2.96. The molecule has 8 nitrogen and oxygen atoms in total. The van der Waals surface area contributed by atoms with Crippen molar-refractivity contribution in [2.45, 2.75) is 44.5 Å². The van der Waals surface area contributed by atoms with E-state index in [1.54, 1.807) is 0 Å². The lowest BCUT2D eigenvalue weighted by molar-refractivity contribution is -0.275. The topological polar surface area (TPSA) is 80.3 Å². The fraction of sp³-hybridized carbons (Fsp3) is 0.533. The highest BCUT2D eigenvalue weighted by Gasteiger charge is 2.41. The van der Waals surface area contributed by atoms with Gasteiger partial charge in [-0.3, -0.25) is 14.5 Å². The maximum atomic E-state index is 13.3. The maximum Gasteiger partial charge on any atom is 0.573 e. The number of nitrogens with one attached hydrogen (secondary N) is 1. The number of carbonyl (C=O) groups excluding carboxylic acids is 2. The summed E-state index contributed by atoms with van der Waals surface area (Å²) in [6, 6.07) is 10.1. The number of ketones is 1. The summed E-state index contributed by atoms with van der Waals surface area (Å²) in [5.41, 5.74) is 0.363. The maximum absolute atomic E-state index is 13.3. The zero-order valence-electron chi connectivity index (χ0n) is 24.1. The van der Waals surface area contributed by atoms with Gasteiger partial charge in [0.1, 0.15) is 29.1 Å². The number of benzene rings is 2. The molecular weight excluding hydrogens is 596 g/mol. The van der Waals surface area contributed by atoms with Gasteiger partial charge in [-0.25, -0.2) is 0 Å². The van der Waals surface area contributed by atoms with Gasteiger partial charge in [-0.2, -0.15) is 0 Å². The molecule has 3 atom stereocenters. The normalized spacial score (nSPS) is 21.6. The van der Waals surface area contributed by atoms with Crippen LogP contribution in [0, 0.1) is 11.8 Å². The quantitative estimate of drug-likeness (QED) is 0.337. The van der Waals surface area contributed by atoms with Crippen LogP contribution < -0.4 is 19.5 Å². The Morgan fingerprint density at radius 1 is 0.864 bits per heavy atom. The number of likely N-dealkylation sites (N-methyl/N-ethyl adjacent to an activating group) is 1. The lowest BCUT2D eigenvalue weighted by Gasteiger charge is -2.32. The smallest absolute Gasteiger partial charge is 0.490 e. The van der Waals surface area contributed by atoms with Crippen molar-refractivity contribution in [3.63, 3.8) is 0 Å². The van der Waals surface area contributed by atoms with Gasteiger partial charge in [-0.15, -0.1) is 26.3 Å². The molecule has 2 aliphatic rings. The molecule has 4 rings (SSSR count). The van der Waals surface area contributed by atoms with Crippen LogP contribution in [0.2, 0.25) is 0 Å². The van der Waals surface area contributed by atoms with Crippen molar-refractivity contribution < 1.29 is 50.1 Å². The van der Waals surface area contributed by atoms with E-state index in [0.29, 0.717) is 31.5 Å². The molecule has 1 amide bonds.